The number of ether oxygens (including phenoxy) is 2. The van der Waals surface area contributed by atoms with Gasteiger partial charge in [-0.25, -0.2) is 9.97 Å². The third kappa shape index (κ3) is 5.97. The van der Waals surface area contributed by atoms with Gasteiger partial charge < -0.3 is 20.4 Å². The topological polar surface area (TPSA) is 94.7 Å². The Morgan fingerprint density at radius 1 is 1.06 bits per heavy atom. The molecule has 0 amide bonds. The molecule has 0 saturated heterocycles. The van der Waals surface area contributed by atoms with E-state index in [0.717, 1.165) is 35.3 Å². The van der Waals surface area contributed by atoms with Gasteiger partial charge in [0.15, 0.2) is 0 Å². The molecule has 0 spiro atoms. The Morgan fingerprint density at radius 3 is 2.47 bits per heavy atom. The Kier molecular flexibility index (Phi) is 9.10. The second-order valence-electron chi connectivity index (χ2n) is 7.83. The number of fused-ring (bicyclic) bond motifs is 1. The quantitative estimate of drug-likeness (QED) is 0.281. The fourth-order valence-electron chi connectivity index (χ4n) is 3.78. The first kappa shape index (κ1) is 25.7. The molecule has 34 heavy (non-hydrogen) atoms. The Morgan fingerprint density at radius 2 is 1.79 bits per heavy atom. The standard InChI is InChI=1S/C26H26N2O5.Na.H/c1-17(8-6-7-11-21(29)30)32-25-23-22(18-12-14-20(31-2)15-13-18)24(19-9-4-3-5-10-19)33-26(23)28-16-27-25;;/h3-5,9-10,12-17H,6-8,11H2,1-2H3,(H,29,30);;/q;+1;-1. The number of rotatable bonds is 10. The van der Waals surface area contributed by atoms with Gasteiger partial charge in [0.25, 0.3) is 0 Å². The van der Waals surface area contributed by atoms with E-state index in [1.54, 1.807) is 7.11 Å². The summed E-state index contributed by atoms with van der Waals surface area (Å²) in [5, 5.41) is 9.54. The van der Waals surface area contributed by atoms with Crippen molar-refractivity contribution in [3.63, 3.8) is 0 Å². The minimum atomic E-state index is -0.781. The number of aliphatic carboxylic acids is 1. The molecule has 2 aromatic heterocycles. The van der Waals surface area contributed by atoms with Gasteiger partial charge in [-0.05, 0) is 43.9 Å². The van der Waals surface area contributed by atoms with Crippen molar-refractivity contribution in [3.8, 4) is 34.1 Å². The molecule has 172 valence electrons. The predicted molar refractivity (Wildman–Crippen MR) is 127 cm³/mol. The number of hydrogen-bond donors (Lipinski definition) is 1. The summed E-state index contributed by atoms with van der Waals surface area (Å²) < 4.78 is 17.7. The molecule has 4 rings (SSSR count). The third-order valence-electron chi connectivity index (χ3n) is 5.43. The van der Waals surface area contributed by atoms with Crippen molar-refractivity contribution in [2.24, 2.45) is 0 Å². The minimum absolute atomic E-state index is 0. The van der Waals surface area contributed by atoms with Gasteiger partial charge in [-0.15, -0.1) is 0 Å². The molecule has 0 saturated carbocycles. The van der Waals surface area contributed by atoms with E-state index in [0.29, 0.717) is 29.2 Å². The van der Waals surface area contributed by atoms with Crippen LogP contribution in [0.1, 0.15) is 34.0 Å². The van der Waals surface area contributed by atoms with E-state index >= 15 is 0 Å². The van der Waals surface area contributed by atoms with E-state index in [1.165, 1.54) is 6.33 Å². The maximum atomic E-state index is 10.7. The normalized spacial score (nSPS) is 11.6. The number of carboxylic acid groups (broad SMARTS) is 1. The van der Waals surface area contributed by atoms with Crippen LogP contribution < -0.4 is 39.0 Å². The number of unbranched alkanes of at least 4 members (excludes halogenated alkanes) is 1. The van der Waals surface area contributed by atoms with Crippen LogP contribution in [0.2, 0.25) is 0 Å². The molecule has 1 atom stereocenters. The average Bonchev–Trinajstić information content (AvgIpc) is 3.23. The number of furan rings is 1. The zero-order valence-electron chi connectivity index (χ0n) is 20.7. The molecule has 8 heteroatoms. The summed E-state index contributed by atoms with van der Waals surface area (Å²) in [5.41, 5.74) is 3.16. The van der Waals surface area contributed by atoms with Crippen LogP contribution in [0.5, 0.6) is 11.6 Å². The van der Waals surface area contributed by atoms with Gasteiger partial charge in [0.05, 0.1) is 13.2 Å². The molecule has 0 fully saturated rings. The first-order chi connectivity index (χ1) is 16.1. The first-order valence-corrected chi connectivity index (χ1v) is 10.9. The van der Waals surface area contributed by atoms with E-state index in [9.17, 15) is 4.79 Å². The summed E-state index contributed by atoms with van der Waals surface area (Å²) in [7, 11) is 1.63. The molecule has 0 radical (unpaired) electrons. The monoisotopic (exact) mass is 470 g/mol. The predicted octanol–water partition coefficient (Wildman–Crippen LogP) is 3.09. The summed E-state index contributed by atoms with van der Waals surface area (Å²) in [5.74, 6) is 1.12. The van der Waals surface area contributed by atoms with Crippen molar-refractivity contribution in [3.05, 3.63) is 60.9 Å². The maximum Gasteiger partial charge on any atom is 1.00 e. The van der Waals surface area contributed by atoms with Crippen molar-refractivity contribution in [2.75, 3.05) is 7.11 Å². The Balaban J connectivity index is 0.00000216. The molecule has 0 aliphatic rings. The Bertz CT molecular complexity index is 1230. The van der Waals surface area contributed by atoms with Crippen LogP contribution in [0, 0.1) is 0 Å². The molecule has 0 aliphatic heterocycles. The van der Waals surface area contributed by atoms with Gasteiger partial charge in [-0.1, -0.05) is 42.5 Å². The number of nitrogens with zero attached hydrogens (tertiary/aromatic N) is 2. The van der Waals surface area contributed by atoms with E-state index < -0.39 is 5.97 Å². The van der Waals surface area contributed by atoms with Gasteiger partial charge in [0.1, 0.15) is 23.2 Å². The molecular weight excluding hydrogens is 443 g/mol. The summed E-state index contributed by atoms with van der Waals surface area (Å²) in [4.78, 5) is 19.5. The van der Waals surface area contributed by atoms with Crippen LogP contribution in [0.4, 0.5) is 0 Å². The molecule has 2 heterocycles. The molecule has 4 aromatic rings. The fraction of sp³-hybridized carbons (Fsp3) is 0.269. The van der Waals surface area contributed by atoms with Gasteiger partial charge in [-0.3, -0.25) is 4.79 Å². The number of benzene rings is 2. The average molecular weight is 471 g/mol. The van der Waals surface area contributed by atoms with Crippen LogP contribution in [-0.4, -0.2) is 34.3 Å². The number of carboxylic acids is 1. The van der Waals surface area contributed by atoms with Crippen LogP contribution in [0.15, 0.2) is 65.3 Å². The van der Waals surface area contributed by atoms with Gasteiger partial charge >= 0.3 is 35.5 Å². The third-order valence-corrected chi connectivity index (χ3v) is 5.43. The van der Waals surface area contributed by atoms with Crippen LogP contribution in [-0.2, 0) is 4.79 Å². The van der Waals surface area contributed by atoms with Crippen molar-refractivity contribution in [2.45, 2.75) is 38.7 Å². The van der Waals surface area contributed by atoms with E-state index in [1.807, 2.05) is 61.5 Å². The van der Waals surface area contributed by atoms with Gasteiger partial charge in [-0.2, -0.15) is 0 Å². The fourth-order valence-corrected chi connectivity index (χ4v) is 3.78. The molecule has 2 aromatic carbocycles. The first-order valence-electron chi connectivity index (χ1n) is 10.9. The Hall–Kier alpha value is -2.87. The molecule has 0 aliphatic carbocycles. The molecule has 7 nitrogen and oxygen atoms in total. The van der Waals surface area contributed by atoms with Crippen molar-refractivity contribution < 1.29 is 54.8 Å². The summed E-state index contributed by atoms with van der Waals surface area (Å²) in [6.07, 6.45) is 3.55. The van der Waals surface area contributed by atoms with E-state index in [4.69, 9.17) is 19.0 Å². The van der Waals surface area contributed by atoms with Crippen LogP contribution in [0.25, 0.3) is 33.6 Å². The van der Waals surface area contributed by atoms with Crippen molar-refractivity contribution in [1.82, 2.24) is 9.97 Å². The minimum Gasteiger partial charge on any atom is -1.00 e. The molecule has 0 bridgehead atoms. The van der Waals surface area contributed by atoms with E-state index in [2.05, 4.69) is 9.97 Å². The number of aromatic nitrogens is 2. The summed E-state index contributed by atoms with van der Waals surface area (Å²) >= 11 is 0. The van der Waals surface area contributed by atoms with E-state index in [-0.39, 0.29) is 43.5 Å². The number of methoxy groups -OCH3 is 1. The van der Waals surface area contributed by atoms with Crippen molar-refractivity contribution >= 4 is 17.1 Å². The number of carbonyl (C=O) groups is 1. The van der Waals surface area contributed by atoms with Crippen molar-refractivity contribution in [1.29, 1.82) is 0 Å². The summed E-state index contributed by atoms with van der Waals surface area (Å²) in [6, 6.07) is 17.6. The smallest absolute Gasteiger partial charge is 1.00 e. The molecule has 1 unspecified atom stereocenters. The zero-order valence-corrected chi connectivity index (χ0v) is 21.7. The second-order valence-corrected chi connectivity index (χ2v) is 7.83. The van der Waals surface area contributed by atoms with Crippen LogP contribution >= 0.6 is 0 Å². The maximum absolute atomic E-state index is 10.7. The van der Waals surface area contributed by atoms with Crippen LogP contribution in [0.3, 0.4) is 0 Å². The molecule has 1 N–H and O–H groups in total. The number of hydrogen-bond acceptors (Lipinski definition) is 6. The Labute approximate surface area is 221 Å². The van der Waals surface area contributed by atoms with Gasteiger partial charge in [0.2, 0.25) is 11.6 Å². The van der Waals surface area contributed by atoms with Gasteiger partial charge in [0, 0.05) is 17.5 Å². The second kappa shape index (κ2) is 12.0. The SMILES string of the molecule is COc1ccc(-c2c(-c3ccccc3)oc3ncnc(OC(C)CCCCC(=O)O)c23)cc1.[H-].[Na+]. The molecular formula is C26H27N2NaO5. The largest absolute Gasteiger partial charge is 1.00 e. The zero-order chi connectivity index (χ0) is 23.2. The summed E-state index contributed by atoms with van der Waals surface area (Å²) in [6.45, 7) is 1.96.